The Kier molecular flexibility index (Phi) is 16.0. The molecule has 0 rings (SSSR count). The van der Waals surface area contributed by atoms with Crippen LogP contribution in [0, 0.1) is 0 Å². The van der Waals surface area contributed by atoms with E-state index >= 15 is 0 Å². The average Bonchev–Trinajstić information content (AvgIpc) is 2.49. The molecule has 0 unspecified atom stereocenters. The standard InChI is InChI=1S/C18H37NO3/c1-4-5-6-7-8-9-10-11-12-13-16-21-18(20)22-17-14-15-19(2)3/h4-17H2,1-3H3. The molecule has 0 aromatic heterocycles. The van der Waals surface area contributed by atoms with E-state index in [9.17, 15) is 4.79 Å². The zero-order valence-electron chi connectivity index (χ0n) is 15.1. The summed E-state index contributed by atoms with van der Waals surface area (Å²) in [4.78, 5) is 13.4. The number of rotatable bonds is 15. The van der Waals surface area contributed by atoms with Crippen LogP contribution in [0.5, 0.6) is 0 Å². The molecule has 0 aromatic carbocycles. The SMILES string of the molecule is CCCCCCCCCCCCOC(=O)OCCCN(C)C. The molecule has 0 aliphatic carbocycles. The lowest BCUT2D eigenvalue weighted by atomic mass is 10.1. The minimum absolute atomic E-state index is 0.440. The third kappa shape index (κ3) is 17.3. The lowest BCUT2D eigenvalue weighted by Crippen LogP contribution is -2.16. The van der Waals surface area contributed by atoms with Crippen molar-refractivity contribution in [2.24, 2.45) is 0 Å². The van der Waals surface area contributed by atoms with E-state index in [4.69, 9.17) is 9.47 Å². The number of unbranched alkanes of at least 4 members (excludes halogenated alkanes) is 9. The first kappa shape index (κ1) is 21.2. The third-order valence-electron chi connectivity index (χ3n) is 3.69. The second-order valence-corrected chi connectivity index (χ2v) is 6.29. The molecule has 0 bridgehead atoms. The maximum Gasteiger partial charge on any atom is 0.508 e. The van der Waals surface area contributed by atoms with Gasteiger partial charge in [-0.05, 0) is 26.9 Å². The van der Waals surface area contributed by atoms with E-state index in [1.807, 2.05) is 14.1 Å². The zero-order valence-corrected chi connectivity index (χ0v) is 15.1. The lowest BCUT2D eigenvalue weighted by Gasteiger charge is -2.09. The van der Waals surface area contributed by atoms with E-state index in [1.165, 1.54) is 51.4 Å². The molecular weight excluding hydrogens is 278 g/mol. The number of nitrogens with zero attached hydrogens (tertiary/aromatic N) is 1. The Bertz CT molecular complexity index is 244. The van der Waals surface area contributed by atoms with Crippen molar-refractivity contribution in [2.75, 3.05) is 33.9 Å². The van der Waals surface area contributed by atoms with Crippen LogP contribution >= 0.6 is 0 Å². The smallest absolute Gasteiger partial charge is 0.434 e. The molecule has 0 aromatic rings. The Morgan fingerprint density at radius 1 is 0.727 bits per heavy atom. The normalized spacial score (nSPS) is 10.9. The van der Waals surface area contributed by atoms with Gasteiger partial charge in [0.2, 0.25) is 0 Å². The monoisotopic (exact) mass is 315 g/mol. The second kappa shape index (κ2) is 16.6. The number of carbonyl (C=O) groups excluding carboxylic acids is 1. The van der Waals surface area contributed by atoms with E-state index in [0.717, 1.165) is 25.8 Å². The van der Waals surface area contributed by atoms with Crippen molar-refractivity contribution in [3.8, 4) is 0 Å². The summed E-state index contributed by atoms with van der Waals surface area (Å²) in [5, 5.41) is 0. The minimum atomic E-state index is -0.519. The summed E-state index contributed by atoms with van der Waals surface area (Å²) in [5.41, 5.74) is 0. The molecule has 0 aliphatic heterocycles. The van der Waals surface area contributed by atoms with Crippen LogP contribution in [0.1, 0.15) is 77.6 Å². The molecule has 0 heterocycles. The Hall–Kier alpha value is -0.770. The average molecular weight is 315 g/mol. The van der Waals surface area contributed by atoms with Gasteiger partial charge < -0.3 is 14.4 Å². The van der Waals surface area contributed by atoms with Gasteiger partial charge in [0, 0.05) is 6.54 Å². The second-order valence-electron chi connectivity index (χ2n) is 6.29. The number of ether oxygens (including phenoxy) is 2. The highest BCUT2D eigenvalue weighted by atomic mass is 16.7. The molecule has 0 spiro atoms. The summed E-state index contributed by atoms with van der Waals surface area (Å²) in [6.45, 7) is 4.10. The van der Waals surface area contributed by atoms with E-state index < -0.39 is 6.16 Å². The van der Waals surface area contributed by atoms with Crippen LogP contribution < -0.4 is 0 Å². The van der Waals surface area contributed by atoms with Crippen molar-refractivity contribution in [1.29, 1.82) is 0 Å². The van der Waals surface area contributed by atoms with Gasteiger partial charge in [-0.25, -0.2) is 4.79 Å². The first-order valence-electron chi connectivity index (χ1n) is 9.11. The summed E-state index contributed by atoms with van der Waals surface area (Å²) in [5.74, 6) is 0. The first-order valence-corrected chi connectivity index (χ1v) is 9.11. The Labute approximate surface area is 137 Å². The van der Waals surface area contributed by atoms with Gasteiger partial charge in [-0.1, -0.05) is 64.7 Å². The van der Waals surface area contributed by atoms with Crippen molar-refractivity contribution in [3.63, 3.8) is 0 Å². The molecule has 0 saturated carbocycles. The molecule has 0 fully saturated rings. The van der Waals surface area contributed by atoms with Crippen LogP contribution in [0.25, 0.3) is 0 Å². The van der Waals surface area contributed by atoms with E-state index in [-0.39, 0.29) is 0 Å². The molecule has 4 nitrogen and oxygen atoms in total. The zero-order chi connectivity index (χ0) is 16.5. The highest BCUT2D eigenvalue weighted by Crippen LogP contribution is 2.10. The van der Waals surface area contributed by atoms with Crippen molar-refractivity contribution in [2.45, 2.75) is 77.6 Å². The van der Waals surface area contributed by atoms with E-state index in [1.54, 1.807) is 0 Å². The predicted octanol–water partition coefficient (Wildman–Crippen LogP) is 5.01. The number of hydrogen-bond acceptors (Lipinski definition) is 4. The van der Waals surface area contributed by atoms with Crippen molar-refractivity contribution in [1.82, 2.24) is 4.90 Å². The molecule has 0 radical (unpaired) electrons. The van der Waals surface area contributed by atoms with Crippen molar-refractivity contribution >= 4 is 6.16 Å². The highest BCUT2D eigenvalue weighted by molar-refractivity contribution is 5.59. The summed E-state index contributed by atoms with van der Waals surface area (Å²) >= 11 is 0. The van der Waals surface area contributed by atoms with Crippen molar-refractivity contribution in [3.05, 3.63) is 0 Å². The van der Waals surface area contributed by atoms with Gasteiger partial charge in [-0.3, -0.25) is 0 Å². The highest BCUT2D eigenvalue weighted by Gasteiger charge is 2.03. The maximum absolute atomic E-state index is 11.3. The molecule has 0 amide bonds. The van der Waals surface area contributed by atoms with Gasteiger partial charge >= 0.3 is 6.16 Å². The van der Waals surface area contributed by atoms with E-state index in [0.29, 0.717) is 13.2 Å². The molecule has 0 aliphatic rings. The summed E-state index contributed by atoms with van der Waals surface area (Å²) in [6.07, 6.45) is 13.2. The van der Waals surface area contributed by atoms with Gasteiger partial charge in [0.25, 0.3) is 0 Å². The number of carbonyl (C=O) groups is 1. The van der Waals surface area contributed by atoms with Crippen LogP contribution in [-0.2, 0) is 9.47 Å². The van der Waals surface area contributed by atoms with Crippen LogP contribution in [-0.4, -0.2) is 44.9 Å². The topological polar surface area (TPSA) is 38.8 Å². The van der Waals surface area contributed by atoms with Gasteiger partial charge in [-0.2, -0.15) is 0 Å². The number of hydrogen-bond donors (Lipinski definition) is 0. The Morgan fingerprint density at radius 2 is 1.18 bits per heavy atom. The summed E-state index contributed by atoms with van der Waals surface area (Å²) < 4.78 is 10.0. The fraction of sp³-hybridized carbons (Fsp3) is 0.944. The molecule has 22 heavy (non-hydrogen) atoms. The first-order chi connectivity index (χ1) is 10.7. The van der Waals surface area contributed by atoms with Gasteiger partial charge in [0.1, 0.15) is 0 Å². The van der Waals surface area contributed by atoms with Gasteiger partial charge in [-0.15, -0.1) is 0 Å². The molecule has 0 atom stereocenters. The Morgan fingerprint density at radius 3 is 1.68 bits per heavy atom. The van der Waals surface area contributed by atoms with Gasteiger partial charge in [0.15, 0.2) is 0 Å². The summed E-state index contributed by atoms with van der Waals surface area (Å²) in [6, 6.07) is 0. The van der Waals surface area contributed by atoms with Crippen LogP contribution in [0.4, 0.5) is 4.79 Å². The Balaban J connectivity index is 3.14. The van der Waals surface area contributed by atoms with E-state index in [2.05, 4.69) is 11.8 Å². The van der Waals surface area contributed by atoms with Crippen molar-refractivity contribution < 1.29 is 14.3 Å². The van der Waals surface area contributed by atoms with Gasteiger partial charge in [0.05, 0.1) is 13.2 Å². The van der Waals surface area contributed by atoms with Crippen LogP contribution in [0.3, 0.4) is 0 Å². The van der Waals surface area contributed by atoms with Crippen LogP contribution in [0.2, 0.25) is 0 Å². The maximum atomic E-state index is 11.3. The fourth-order valence-electron chi connectivity index (χ4n) is 2.32. The molecule has 0 saturated heterocycles. The minimum Gasteiger partial charge on any atom is -0.434 e. The molecular formula is C18H37NO3. The quantitative estimate of drug-likeness (QED) is 0.314. The van der Waals surface area contributed by atoms with Crippen LogP contribution in [0.15, 0.2) is 0 Å². The summed E-state index contributed by atoms with van der Waals surface area (Å²) in [7, 11) is 4.01. The molecule has 132 valence electrons. The third-order valence-corrected chi connectivity index (χ3v) is 3.69. The predicted molar refractivity (Wildman–Crippen MR) is 92.3 cm³/mol. The lowest BCUT2D eigenvalue weighted by molar-refractivity contribution is 0.0521. The fourth-order valence-corrected chi connectivity index (χ4v) is 2.32. The molecule has 4 heteroatoms. The largest absolute Gasteiger partial charge is 0.508 e. The molecule has 0 N–H and O–H groups in total.